The summed E-state index contributed by atoms with van der Waals surface area (Å²) in [6, 6.07) is 0. The van der Waals surface area contributed by atoms with Crippen LogP contribution in [-0.4, -0.2) is 0 Å². The lowest BCUT2D eigenvalue weighted by atomic mass is 9.75. The Morgan fingerprint density at radius 1 is 1.21 bits per heavy atom. The molecule has 3 aliphatic carbocycles. The summed E-state index contributed by atoms with van der Waals surface area (Å²) in [6.07, 6.45) is 13.2. The van der Waals surface area contributed by atoms with Gasteiger partial charge in [0.25, 0.3) is 0 Å². The molecule has 0 saturated carbocycles. The van der Waals surface area contributed by atoms with E-state index in [1.807, 2.05) is 0 Å². The molecule has 0 heteroatoms. The van der Waals surface area contributed by atoms with E-state index < -0.39 is 0 Å². The zero-order chi connectivity index (χ0) is 9.97. The van der Waals surface area contributed by atoms with Gasteiger partial charge in [-0.25, -0.2) is 0 Å². The smallest absolute Gasteiger partial charge is 0.0168 e. The second-order valence-corrected chi connectivity index (χ2v) is 4.79. The first-order valence-corrected chi connectivity index (χ1v) is 6.22. The van der Waals surface area contributed by atoms with Gasteiger partial charge in [0.2, 0.25) is 0 Å². The average Bonchev–Trinajstić information content (AvgIpc) is 2.18. The summed E-state index contributed by atoms with van der Waals surface area (Å²) in [6.45, 7) is 4.61. The van der Waals surface area contributed by atoms with Crippen LogP contribution in [0.2, 0.25) is 0 Å². The third-order valence-electron chi connectivity index (χ3n) is 3.94. The highest BCUT2D eigenvalue weighted by Crippen LogP contribution is 2.38. The van der Waals surface area contributed by atoms with E-state index in [-0.39, 0.29) is 0 Å². The summed E-state index contributed by atoms with van der Waals surface area (Å²) >= 11 is 0. The Balaban J connectivity index is 2.17. The molecule has 3 aliphatic rings. The maximum absolute atomic E-state index is 2.59. The van der Waals surface area contributed by atoms with E-state index in [1.165, 1.54) is 38.5 Å². The lowest BCUT2D eigenvalue weighted by molar-refractivity contribution is 0.411. The van der Waals surface area contributed by atoms with Crippen molar-refractivity contribution in [1.82, 2.24) is 0 Å². The minimum Gasteiger partial charge on any atom is -0.0847 e. The Morgan fingerprint density at radius 2 is 2.07 bits per heavy atom. The molecule has 2 bridgehead atoms. The Kier molecular flexibility index (Phi) is 3.10. The normalized spacial score (nSPS) is 35.6. The van der Waals surface area contributed by atoms with Crippen molar-refractivity contribution in [3.63, 3.8) is 0 Å². The molecule has 3 rings (SSSR count). The predicted octanol–water partition coefficient (Wildman–Crippen LogP) is 4.48. The Labute approximate surface area is 88.1 Å². The summed E-state index contributed by atoms with van der Waals surface area (Å²) in [5.41, 5.74) is 3.44. The Bertz CT molecular complexity index is 257. The fourth-order valence-electron chi connectivity index (χ4n) is 2.98. The number of hydrogen-bond acceptors (Lipinski definition) is 0. The maximum Gasteiger partial charge on any atom is -0.0168 e. The monoisotopic (exact) mass is 190 g/mol. The topological polar surface area (TPSA) is 0 Å². The molecule has 0 aliphatic heterocycles. The molecule has 2 atom stereocenters. The largest absolute Gasteiger partial charge is 0.0847 e. The summed E-state index contributed by atoms with van der Waals surface area (Å²) in [5, 5.41) is 0. The molecule has 0 aromatic carbocycles. The van der Waals surface area contributed by atoms with Gasteiger partial charge in [-0.3, -0.25) is 0 Å². The van der Waals surface area contributed by atoms with Gasteiger partial charge in [0, 0.05) is 0 Å². The molecule has 0 radical (unpaired) electrons. The lowest BCUT2D eigenvalue weighted by Crippen LogP contribution is -2.16. The van der Waals surface area contributed by atoms with Gasteiger partial charge in [-0.1, -0.05) is 37.1 Å². The second kappa shape index (κ2) is 4.33. The fourth-order valence-corrected chi connectivity index (χ4v) is 2.98. The first kappa shape index (κ1) is 10.0. The number of hydrogen-bond donors (Lipinski definition) is 0. The van der Waals surface area contributed by atoms with Crippen LogP contribution in [0, 0.1) is 11.8 Å². The van der Waals surface area contributed by atoms with Crippen LogP contribution in [-0.2, 0) is 0 Å². The summed E-state index contributed by atoms with van der Waals surface area (Å²) < 4.78 is 0. The molecule has 0 nitrogen and oxygen atoms in total. The molecule has 0 aromatic rings. The van der Waals surface area contributed by atoms with Gasteiger partial charge in [0.1, 0.15) is 0 Å². The SMILES string of the molecule is CCC1=C[C@@H]2CC[C@H]1C/C=C(/CC)C2. The standard InChI is InChI=1S/C14H22/c1-3-11-5-7-14-8-6-12(9-11)10-13(14)4-2/h5,10,12,14H,3-4,6-9H2,1-2H3/b11-5-/t12-,14-/m1/s1. The van der Waals surface area contributed by atoms with Crippen molar-refractivity contribution in [2.45, 2.75) is 52.4 Å². The fraction of sp³-hybridized carbons (Fsp3) is 0.714. The summed E-state index contributed by atoms with van der Waals surface area (Å²) in [4.78, 5) is 0. The van der Waals surface area contributed by atoms with Gasteiger partial charge in [0.15, 0.2) is 0 Å². The van der Waals surface area contributed by atoms with Gasteiger partial charge < -0.3 is 0 Å². The maximum atomic E-state index is 2.59. The van der Waals surface area contributed by atoms with Gasteiger partial charge in [-0.2, -0.15) is 0 Å². The van der Waals surface area contributed by atoms with Crippen LogP contribution in [0.3, 0.4) is 0 Å². The molecule has 78 valence electrons. The van der Waals surface area contributed by atoms with E-state index in [2.05, 4.69) is 26.0 Å². The third-order valence-corrected chi connectivity index (χ3v) is 3.94. The van der Waals surface area contributed by atoms with Crippen molar-refractivity contribution in [3.05, 3.63) is 23.3 Å². The van der Waals surface area contributed by atoms with Crippen molar-refractivity contribution in [1.29, 1.82) is 0 Å². The minimum atomic E-state index is 0.868. The highest BCUT2D eigenvalue weighted by molar-refractivity contribution is 5.19. The first-order chi connectivity index (χ1) is 6.83. The molecule has 0 heterocycles. The molecule has 0 saturated heterocycles. The zero-order valence-electron chi connectivity index (χ0n) is 9.55. The highest BCUT2D eigenvalue weighted by Gasteiger charge is 2.23. The van der Waals surface area contributed by atoms with Gasteiger partial charge in [-0.05, 0) is 50.4 Å². The van der Waals surface area contributed by atoms with E-state index in [9.17, 15) is 0 Å². The van der Waals surface area contributed by atoms with Crippen LogP contribution in [0.1, 0.15) is 52.4 Å². The highest BCUT2D eigenvalue weighted by atomic mass is 14.3. The van der Waals surface area contributed by atoms with Crippen LogP contribution in [0.15, 0.2) is 23.3 Å². The molecular formula is C14H22. The van der Waals surface area contributed by atoms with Crippen molar-refractivity contribution in [3.8, 4) is 0 Å². The molecule has 0 unspecified atom stereocenters. The molecule has 0 N–H and O–H groups in total. The van der Waals surface area contributed by atoms with E-state index >= 15 is 0 Å². The van der Waals surface area contributed by atoms with E-state index in [0.29, 0.717) is 0 Å². The van der Waals surface area contributed by atoms with Crippen molar-refractivity contribution in [2.24, 2.45) is 11.8 Å². The molecule has 0 spiro atoms. The quantitative estimate of drug-likeness (QED) is 0.563. The average molecular weight is 190 g/mol. The number of allylic oxidation sites excluding steroid dienone is 4. The molecule has 14 heavy (non-hydrogen) atoms. The summed E-state index contributed by atoms with van der Waals surface area (Å²) in [5.74, 6) is 1.76. The van der Waals surface area contributed by atoms with Crippen molar-refractivity contribution >= 4 is 0 Å². The van der Waals surface area contributed by atoms with Crippen LogP contribution in [0.4, 0.5) is 0 Å². The Hall–Kier alpha value is -0.520. The Morgan fingerprint density at radius 3 is 2.79 bits per heavy atom. The minimum absolute atomic E-state index is 0.868. The van der Waals surface area contributed by atoms with E-state index in [1.54, 1.807) is 11.1 Å². The lowest BCUT2D eigenvalue weighted by Gasteiger charge is -2.31. The second-order valence-electron chi connectivity index (χ2n) is 4.79. The van der Waals surface area contributed by atoms with Gasteiger partial charge >= 0.3 is 0 Å². The van der Waals surface area contributed by atoms with Crippen molar-refractivity contribution in [2.75, 3.05) is 0 Å². The molecule has 0 aromatic heterocycles. The molecular weight excluding hydrogens is 168 g/mol. The van der Waals surface area contributed by atoms with Crippen molar-refractivity contribution < 1.29 is 0 Å². The van der Waals surface area contributed by atoms with Gasteiger partial charge in [-0.15, -0.1) is 0 Å². The van der Waals surface area contributed by atoms with Crippen LogP contribution in [0.25, 0.3) is 0 Å². The number of rotatable bonds is 2. The first-order valence-electron chi connectivity index (χ1n) is 6.22. The van der Waals surface area contributed by atoms with Crippen LogP contribution in [0.5, 0.6) is 0 Å². The number of fused-ring (bicyclic) bond motifs is 3. The predicted molar refractivity (Wildman–Crippen MR) is 62.2 cm³/mol. The van der Waals surface area contributed by atoms with E-state index in [4.69, 9.17) is 0 Å². The van der Waals surface area contributed by atoms with Gasteiger partial charge in [0.05, 0.1) is 0 Å². The molecule has 0 fully saturated rings. The third kappa shape index (κ3) is 1.94. The molecule has 0 amide bonds. The zero-order valence-corrected chi connectivity index (χ0v) is 9.55. The van der Waals surface area contributed by atoms with Crippen LogP contribution >= 0.6 is 0 Å². The van der Waals surface area contributed by atoms with Crippen LogP contribution < -0.4 is 0 Å². The summed E-state index contributed by atoms with van der Waals surface area (Å²) in [7, 11) is 0. The van der Waals surface area contributed by atoms with E-state index in [0.717, 1.165) is 11.8 Å².